The zero-order chi connectivity index (χ0) is 19.3. The fraction of sp³-hybridized carbons (Fsp3) is 0.350. The van der Waals surface area contributed by atoms with Crippen LogP contribution in [0, 0.1) is 5.82 Å². The third kappa shape index (κ3) is 4.02. The molecule has 2 atom stereocenters. The van der Waals surface area contributed by atoms with Crippen molar-refractivity contribution in [1.82, 2.24) is 30.8 Å². The molecule has 8 heteroatoms. The third-order valence-electron chi connectivity index (χ3n) is 5.10. The van der Waals surface area contributed by atoms with Crippen molar-refractivity contribution in [2.24, 2.45) is 0 Å². The lowest BCUT2D eigenvalue weighted by molar-refractivity contribution is 0.302. The van der Waals surface area contributed by atoms with E-state index in [2.05, 4.69) is 26.2 Å². The first-order valence-electron chi connectivity index (χ1n) is 9.37. The molecular formula is C20H23FN6O. The SMILES string of the molecule is COc1ccc(-n2cnnn2)cc1CN[C@H]1CCCN[C@H]1c1cccc(F)c1. The van der Waals surface area contributed by atoms with E-state index in [-0.39, 0.29) is 17.9 Å². The molecule has 2 heterocycles. The standard InChI is InChI=1S/C20H23FN6O/c1-28-19-8-7-17(27-13-24-25-26-27)11-15(19)12-23-18-6-3-9-22-20(18)14-4-2-5-16(21)10-14/h2,4-5,7-8,10-11,13,18,20,22-23H,3,6,9,12H2,1H3/t18-,20-/m0/s1. The molecule has 1 aliphatic rings. The lowest BCUT2D eigenvalue weighted by Gasteiger charge is -2.34. The van der Waals surface area contributed by atoms with Crippen LogP contribution in [-0.4, -0.2) is 39.9 Å². The Kier molecular flexibility index (Phi) is 5.59. The van der Waals surface area contributed by atoms with E-state index in [1.807, 2.05) is 24.3 Å². The zero-order valence-corrected chi connectivity index (χ0v) is 15.7. The van der Waals surface area contributed by atoms with Crippen LogP contribution in [0.1, 0.15) is 30.0 Å². The van der Waals surface area contributed by atoms with E-state index < -0.39 is 0 Å². The number of tetrazole rings is 1. The highest BCUT2D eigenvalue weighted by molar-refractivity contribution is 5.43. The van der Waals surface area contributed by atoms with Gasteiger partial charge in [-0.1, -0.05) is 12.1 Å². The van der Waals surface area contributed by atoms with Crippen LogP contribution in [0.15, 0.2) is 48.8 Å². The molecule has 0 saturated carbocycles. The average molecular weight is 382 g/mol. The number of methoxy groups -OCH3 is 1. The number of nitrogens with zero attached hydrogens (tertiary/aromatic N) is 4. The summed E-state index contributed by atoms with van der Waals surface area (Å²) in [5, 5.41) is 18.5. The first kappa shape index (κ1) is 18.5. The predicted molar refractivity (Wildman–Crippen MR) is 103 cm³/mol. The van der Waals surface area contributed by atoms with Gasteiger partial charge in [0.05, 0.1) is 12.8 Å². The molecule has 1 aromatic heterocycles. The van der Waals surface area contributed by atoms with Gasteiger partial charge in [-0.15, -0.1) is 5.10 Å². The molecule has 0 amide bonds. The predicted octanol–water partition coefficient (Wildman–Crippen LogP) is 2.39. The van der Waals surface area contributed by atoms with Crippen LogP contribution in [0.5, 0.6) is 5.75 Å². The largest absolute Gasteiger partial charge is 0.496 e. The molecule has 28 heavy (non-hydrogen) atoms. The Bertz CT molecular complexity index is 917. The van der Waals surface area contributed by atoms with Gasteiger partial charge in [0.25, 0.3) is 0 Å². The molecule has 0 radical (unpaired) electrons. The summed E-state index contributed by atoms with van der Waals surface area (Å²) >= 11 is 0. The van der Waals surface area contributed by atoms with Crippen LogP contribution in [-0.2, 0) is 6.54 Å². The van der Waals surface area contributed by atoms with Gasteiger partial charge in [0.1, 0.15) is 17.9 Å². The molecule has 1 saturated heterocycles. The van der Waals surface area contributed by atoms with Gasteiger partial charge >= 0.3 is 0 Å². The summed E-state index contributed by atoms with van der Waals surface area (Å²) in [5.74, 6) is 0.592. The van der Waals surface area contributed by atoms with Gasteiger partial charge in [-0.25, -0.2) is 9.07 Å². The topological polar surface area (TPSA) is 76.9 Å². The molecule has 3 aromatic rings. The molecule has 1 aliphatic heterocycles. The molecule has 1 fully saturated rings. The highest BCUT2D eigenvalue weighted by Crippen LogP contribution is 2.26. The summed E-state index contributed by atoms with van der Waals surface area (Å²) in [6.45, 7) is 1.55. The third-order valence-corrected chi connectivity index (χ3v) is 5.10. The number of ether oxygens (including phenoxy) is 1. The number of benzene rings is 2. The van der Waals surface area contributed by atoms with E-state index in [1.165, 1.54) is 6.07 Å². The van der Waals surface area contributed by atoms with Crippen molar-refractivity contribution < 1.29 is 9.13 Å². The number of piperidine rings is 1. The smallest absolute Gasteiger partial charge is 0.143 e. The van der Waals surface area contributed by atoms with Gasteiger partial charge in [-0.3, -0.25) is 0 Å². The summed E-state index contributed by atoms with van der Waals surface area (Å²) in [6.07, 6.45) is 3.65. The monoisotopic (exact) mass is 382 g/mol. The Morgan fingerprint density at radius 1 is 1.29 bits per heavy atom. The summed E-state index contributed by atoms with van der Waals surface area (Å²) in [7, 11) is 1.66. The molecule has 0 aliphatic carbocycles. The summed E-state index contributed by atoms with van der Waals surface area (Å²) in [5.41, 5.74) is 2.84. The number of halogens is 1. The molecular weight excluding hydrogens is 359 g/mol. The number of hydrogen-bond donors (Lipinski definition) is 2. The zero-order valence-electron chi connectivity index (χ0n) is 15.7. The van der Waals surface area contributed by atoms with Crippen molar-refractivity contribution in [3.8, 4) is 11.4 Å². The quantitative estimate of drug-likeness (QED) is 0.682. The fourth-order valence-corrected chi connectivity index (χ4v) is 3.72. The van der Waals surface area contributed by atoms with Crippen LogP contribution in [0.2, 0.25) is 0 Å². The maximum atomic E-state index is 13.7. The van der Waals surface area contributed by atoms with Gasteiger partial charge in [-0.2, -0.15) is 0 Å². The Morgan fingerprint density at radius 3 is 3.00 bits per heavy atom. The number of aromatic nitrogens is 4. The Balaban J connectivity index is 1.53. The summed E-state index contributed by atoms with van der Waals surface area (Å²) < 4.78 is 20.8. The summed E-state index contributed by atoms with van der Waals surface area (Å²) in [6, 6.07) is 12.9. The van der Waals surface area contributed by atoms with Crippen LogP contribution in [0.4, 0.5) is 4.39 Å². The van der Waals surface area contributed by atoms with E-state index in [0.717, 1.165) is 42.0 Å². The highest BCUT2D eigenvalue weighted by atomic mass is 19.1. The molecule has 2 N–H and O–H groups in total. The first-order valence-corrected chi connectivity index (χ1v) is 9.37. The first-order chi connectivity index (χ1) is 13.7. The second-order valence-electron chi connectivity index (χ2n) is 6.87. The second kappa shape index (κ2) is 8.45. The maximum absolute atomic E-state index is 13.7. The van der Waals surface area contributed by atoms with Crippen molar-refractivity contribution >= 4 is 0 Å². The van der Waals surface area contributed by atoms with Crippen LogP contribution in [0.25, 0.3) is 5.69 Å². The highest BCUT2D eigenvalue weighted by Gasteiger charge is 2.26. The Morgan fingerprint density at radius 2 is 2.21 bits per heavy atom. The number of hydrogen-bond acceptors (Lipinski definition) is 6. The van der Waals surface area contributed by atoms with Gasteiger partial charge in [0, 0.05) is 24.2 Å². The van der Waals surface area contributed by atoms with Crippen molar-refractivity contribution in [2.75, 3.05) is 13.7 Å². The molecule has 2 aromatic carbocycles. The normalized spacial score (nSPS) is 19.5. The molecule has 146 valence electrons. The lowest BCUT2D eigenvalue weighted by atomic mass is 9.92. The van der Waals surface area contributed by atoms with Crippen LogP contribution in [0.3, 0.4) is 0 Å². The minimum atomic E-state index is -0.209. The van der Waals surface area contributed by atoms with E-state index in [1.54, 1.807) is 30.3 Å². The number of rotatable bonds is 6. The second-order valence-corrected chi connectivity index (χ2v) is 6.87. The van der Waals surface area contributed by atoms with Gasteiger partial charge < -0.3 is 15.4 Å². The van der Waals surface area contributed by atoms with Crippen molar-refractivity contribution in [1.29, 1.82) is 0 Å². The van der Waals surface area contributed by atoms with Crippen molar-refractivity contribution in [2.45, 2.75) is 31.5 Å². The Hall–Kier alpha value is -2.84. The number of nitrogens with one attached hydrogen (secondary N) is 2. The van der Waals surface area contributed by atoms with Crippen molar-refractivity contribution in [3.63, 3.8) is 0 Å². The molecule has 0 bridgehead atoms. The van der Waals surface area contributed by atoms with Gasteiger partial charge in [0.15, 0.2) is 0 Å². The van der Waals surface area contributed by atoms with Gasteiger partial charge in [0.2, 0.25) is 0 Å². The van der Waals surface area contributed by atoms with Crippen molar-refractivity contribution in [3.05, 3.63) is 65.7 Å². The molecule has 0 spiro atoms. The fourth-order valence-electron chi connectivity index (χ4n) is 3.72. The van der Waals surface area contributed by atoms with Gasteiger partial charge in [-0.05, 0) is 65.7 Å². The van der Waals surface area contributed by atoms with Crippen LogP contribution < -0.4 is 15.4 Å². The lowest BCUT2D eigenvalue weighted by Crippen LogP contribution is -2.45. The Labute approximate surface area is 162 Å². The molecule has 7 nitrogen and oxygen atoms in total. The molecule has 0 unspecified atom stereocenters. The minimum Gasteiger partial charge on any atom is -0.496 e. The minimum absolute atomic E-state index is 0.0677. The average Bonchev–Trinajstić information content (AvgIpc) is 3.27. The maximum Gasteiger partial charge on any atom is 0.143 e. The van der Waals surface area contributed by atoms with E-state index in [9.17, 15) is 4.39 Å². The van der Waals surface area contributed by atoms with E-state index in [4.69, 9.17) is 4.74 Å². The van der Waals surface area contributed by atoms with E-state index in [0.29, 0.717) is 6.54 Å². The summed E-state index contributed by atoms with van der Waals surface area (Å²) in [4.78, 5) is 0. The van der Waals surface area contributed by atoms with E-state index >= 15 is 0 Å². The molecule has 4 rings (SSSR count). The van der Waals surface area contributed by atoms with Crippen LogP contribution >= 0.6 is 0 Å².